The van der Waals surface area contributed by atoms with Gasteiger partial charge >= 0.3 is 0 Å². The third-order valence-electron chi connectivity index (χ3n) is 3.99. The third-order valence-corrected chi connectivity index (χ3v) is 3.99. The predicted octanol–water partition coefficient (Wildman–Crippen LogP) is 2.38. The maximum Gasteiger partial charge on any atom is 0.222 e. The number of ether oxygens (including phenoxy) is 1. The van der Waals surface area contributed by atoms with Crippen molar-refractivity contribution in [1.29, 1.82) is 0 Å². The second-order valence-electron chi connectivity index (χ2n) is 5.81. The maximum absolute atomic E-state index is 11.6. The molecule has 1 aromatic carbocycles. The lowest BCUT2D eigenvalue weighted by Crippen LogP contribution is -2.39. The van der Waals surface area contributed by atoms with Gasteiger partial charge in [0.2, 0.25) is 5.91 Å². The number of hydrogen-bond acceptors (Lipinski definition) is 3. The molecule has 0 unspecified atom stereocenters. The number of likely N-dealkylation sites (tertiary alicyclic amines) is 1. The number of carbonyl (C=O) groups excluding carboxylic acids is 1. The monoisotopic (exact) mass is 460 g/mol. The normalized spacial score (nSPS) is 14.2. The van der Waals surface area contributed by atoms with Gasteiger partial charge in [0, 0.05) is 32.6 Å². The molecule has 0 aromatic heterocycles. The fourth-order valence-corrected chi connectivity index (χ4v) is 2.66. The molecule has 1 heterocycles. The van der Waals surface area contributed by atoms with E-state index in [-0.39, 0.29) is 29.9 Å². The molecule has 25 heavy (non-hydrogen) atoms. The highest BCUT2D eigenvalue weighted by molar-refractivity contribution is 14.0. The minimum atomic E-state index is 0. The van der Waals surface area contributed by atoms with Gasteiger partial charge in [-0.2, -0.15) is 0 Å². The van der Waals surface area contributed by atoms with Crippen molar-refractivity contribution in [3.05, 3.63) is 29.8 Å². The minimum Gasteiger partial charge on any atom is -0.497 e. The first-order chi connectivity index (χ1) is 11.7. The number of rotatable bonds is 8. The highest BCUT2D eigenvalue weighted by atomic mass is 127. The zero-order valence-electron chi connectivity index (χ0n) is 15.1. The molecule has 1 fully saturated rings. The Morgan fingerprint density at radius 1 is 1.28 bits per heavy atom. The molecular formula is C18H29IN4O2. The molecule has 1 aromatic rings. The Morgan fingerprint density at radius 3 is 2.64 bits per heavy atom. The number of guanidine groups is 1. The zero-order chi connectivity index (χ0) is 17.2. The van der Waals surface area contributed by atoms with E-state index in [1.165, 1.54) is 0 Å². The van der Waals surface area contributed by atoms with E-state index in [2.05, 4.69) is 15.6 Å². The summed E-state index contributed by atoms with van der Waals surface area (Å²) in [7, 11) is 1.66. The Labute approximate surface area is 167 Å². The lowest BCUT2D eigenvalue weighted by atomic mass is 10.2. The molecule has 2 N–H and O–H groups in total. The number of carbonyl (C=O) groups is 1. The van der Waals surface area contributed by atoms with Crippen LogP contribution in [0.3, 0.4) is 0 Å². The maximum atomic E-state index is 11.6. The summed E-state index contributed by atoms with van der Waals surface area (Å²) < 4.78 is 5.16. The molecule has 0 radical (unpaired) electrons. The van der Waals surface area contributed by atoms with Crippen LogP contribution in [0.2, 0.25) is 0 Å². The van der Waals surface area contributed by atoms with E-state index in [1.807, 2.05) is 36.1 Å². The van der Waals surface area contributed by atoms with Crippen LogP contribution in [0, 0.1) is 0 Å². The van der Waals surface area contributed by atoms with E-state index in [1.54, 1.807) is 7.11 Å². The van der Waals surface area contributed by atoms with E-state index in [0.29, 0.717) is 13.0 Å². The number of nitrogens with zero attached hydrogens (tertiary/aromatic N) is 2. The Balaban J connectivity index is 0.00000312. The lowest BCUT2D eigenvalue weighted by Gasteiger charge is -2.16. The van der Waals surface area contributed by atoms with Gasteiger partial charge in [0.1, 0.15) is 5.75 Å². The van der Waals surface area contributed by atoms with Gasteiger partial charge < -0.3 is 20.3 Å². The molecule has 1 aliphatic rings. The van der Waals surface area contributed by atoms with E-state index in [0.717, 1.165) is 56.3 Å². The number of halogens is 1. The molecule has 0 bridgehead atoms. The molecule has 2 rings (SSSR count). The van der Waals surface area contributed by atoms with Crippen LogP contribution in [0.4, 0.5) is 0 Å². The van der Waals surface area contributed by atoms with Crippen molar-refractivity contribution in [2.75, 3.05) is 33.3 Å². The molecule has 1 saturated heterocycles. The smallest absolute Gasteiger partial charge is 0.222 e. The first-order valence-electron chi connectivity index (χ1n) is 8.66. The van der Waals surface area contributed by atoms with Crippen molar-refractivity contribution >= 4 is 35.8 Å². The quantitative estimate of drug-likeness (QED) is 0.271. The van der Waals surface area contributed by atoms with Crippen molar-refractivity contribution < 1.29 is 9.53 Å². The number of aliphatic imine (C=N–C) groups is 1. The van der Waals surface area contributed by atoms with Crippen LogP contribution < -0.4 is 15.4 Å². The second kappa shape index (κ2) is 11.9. The van der Waals surface area contributed by atoms with Gasteiger partial charge in [-0.15, -0.1) is 24.0 Å². The van der Waals surface area contributed by atoms with Crippen LogP contribution in [0.1, 0.15) is 31.7 Å². The second-order valence-corrected chi connectivity index (χ2v) is 5.81. The first-order valence-corrected chi connectivity index (χ1v) is 8.66. The van der Waals surface area contributed by atoms with Crippen molar-refractivity contribution in [3.8, 4) is 5.75 Å². The van der Waals surface area contributed by atoms with Gasteiger partial charge in [-0.3, -0.25) is 4.79 Å². The van der Waals surface area contributed by atoms with Crippen molar-refractivity contribution in [2.24, 2.45) is 4.99 Å². The van der Waals surface area contributed by atoms with Gasteiger partial charge in [0.25, 0.3) is 0 Å². The Hall–Kier alpha value is -1.51. The van der Waals surface area contributed by atoms with Crippen LogP contribution in [0.5, 0.6) is 5.75 Å². The van der Waals surface area contributed by atoms with E-state index in [4.69, 9.17) is 4.74 Å². The average molecular weight is 460 g/mol. The SMILES string of the molecule is CCNC(=NCc1ccc(OC)cc1)NCCCN1CCCC1=O.I. The van der Waals surface area contributed by atoms with Gasteiger partial charge in [-0.05, 0) is 37.5 Å². The van der Waals surface area contributed by atoms with E-state index < -0.39 is 0 Å². The summed E-state index contributed by atoms with van der Waals surface area (Å²) in [4.78, 5) is 18.1. The first kappa shape index (κ1) is 21.5. The van der Waals surface area contributed by atoms with Crippen LogP contribution in [-0.4, -0.2) is 50.1 Å². The van der Waals surface area contributed by atoms with Gasteiger partial charge in [-0.1, -0.05) is 12.1 Å². The molecule has 140 valence electrons. The fourth-order valence-electron chi connectivity index (χ4n) is 2.66. The molecule has 0 atom stereocenters. The summed E-state index contributed by atoms with van der Waals surface area (Å²) in [5.74, 6) is 1.94. The summed E-state index contributed by atoms with van der Waals surface area (Å²) in [6, 6.07) is 7.92. The number of nitrogens with one attached hydrogen (secondary N) is 2. The molecule has 6 nitrogen and oxygen atoms in total. The highest BCUT2D eigenvalue weighted by Gasteiger charge is 2.18. The number of methoxy groups -OCH3 is 1. The van der Waals surface area contributed by atoms with Crippen LogP contribution in [0.15, 0.2) is 29.3 Å². The molecule has 0 saturated carbocycles. The van der Waals surface area contributed by atoms with Crippen molar-refractivity contribution in [1.82, 2.24) is 15.5 Å². The number of hydrogen-bond donors (Lipinski definition) is 2. The average Bonchev–Trinajstić information content (AvgIpc) is 3.02. The Kier molecular flexibility index (Phi) is 10.3. The topological polar surface area (TPSA) is 66.0 Å². The van der Waals surface area contributed by atoms with Crippen LogP contribution >= 0.6 is 24.0 Å². The van der Waals surface area contributed by atoms with Crippen molar-refractivity contribution in [2.45, 2.75) is 32.7 Å². The van der Waals surface area contributed by atoms with Gasteiger partial charge in [0.05, 0.1) is 13.7 Å². The summed E-state index contributed by atoms with van der Waals surface area (Å²) in [5.41, 5.74) is 1.13. The molecular weight excluding hydrogens is 431 g/mol. The fraction of sp³-hybridized carbons (Fsp3) is 0.556. The Morgan fingerprint density at radius 2 is 2.04 bits per heavy atom. The van der Waals surface area contributed by atoms with E-state index in [9.17, 15) is 4.79 Å². The Bertz CT molecular complexity index is 549. The summed E-state index contributed by atoms with van der Waals surface area (Å²) in [5, 5.41) is 6.57. The molecule has 7 heteroatoms. The summed E-state index contributed by atoms with van der Waals surface area (Å²) in [6.45, 7) is 6.02. The van der Waals surface area contributed by atoms with Crippen LogP contribution in [-0.2, 0) is 11.3 Å². The largest absolute Gasteiger partial charge is 0.497 e. The standard InChI is InChI=1S/C18H28N4O2.HI/c1-3-19-18(20-11-5-13-22-12-4-6-17(22)23)21-14-15-7-9-16(24-2)10-8-15;/h7-10H,3-6,11-14H2,1-2H3,(H2,19,20,21);1H. The summed E-state index contributed by atoms with van der Waals surface area (Å²) >= 11 is 0. The number of amides is 1. The summed E-state index contributed by atoms with van der Waals surface area (Å²) in [6.07, 6.45) is 2.64. The highest BCUT2D eigenvalue weighted by Crippen LogP contribution is 2.12. The third kappa shape index (κ3) is 7.50. The van der Waals surface area contributed by atoms with Gasteiger partial charge in [-0.25, -0.2) is 4.99 Å². The lowest BCUT2D eigenvalue weighted by molar-refractivity contribution is -0.127. The predicted molar refractivity (Wildman–Crippen MR) is 112 cm³/mol. The molecule has 1 aliphatic heterocycles. The zero-order valence-corrected chi connectivity index (χ0v) is 17.4. The molecule has 1 amide bonds. The van der Waals surface area contributed by atoms with Crippen LogP contribution in [0.25, 0.3) is 0 Å². The minimum absolute atomic E-state index is 0. The van der Waals surface area contributed by atoms with E-state index >= 15 is 0 Å². The number of benzene rings is 1. The van der Waals surface area contributed by atoms with Crippen molar-refractivity contribution in [3.63, 3.8) is 0 Å². The molecule has 0 spiro atoms. The molecule has 0 aliphatic carbocycles. The van der Waals surface area contributed by atoms with Gasteiger partial charge in [0.15, 0.2) is 5.96 Å².